The van der Waals surface area contributed by atoms with Crippen LogP contribution in [0.25, 0.3) is 0 Å². The van der Waals surface area contributed by atoms with Crippen molar-refractivity contribution >= 4 is 30.7 Å². The summed E-state index contributed by atoms with van der Waals surface area (Å²) in [6, 6.07) is 0.289. The van der Waals surface area contributed by atoms with Crippen LogP contribution in [0.1, 0.15) is 35.9 Å². The number of likely N-dealkylation sites (tertiary alicyclic amines) is 1. The molecule has 3 atom stereocenters. The Balaban J connectivity index is 0.00000131. The van der Waals surface area contributed by atoms with Crippen molar-refractivity contribution in [3.8, 4) is 0 Å². The van der Waals surface area contributed by atoms with Crippen molar-refractivity contribution < 1.29 is 4.79 Å². The SMILES string of the molecule is Cc1cnn(C2CCCN(C(=O)[C@H]3CNC[C@@H]3c3cnn(C)c3)C2)c1.Cl.Cl. The standard InChI is InChI=1S/C18H26N6O.2ClH/c1-13-6-21-24(10-13)15-4-3-5-23(12-15)18(25)17-9-19-8-16(17)14-7-20-22(2)11-14;;/h6-7,10-11,15-17,19H,3-5,8-9,12H2,1-2H3;2*1H/t15?,16-,17+;;/m1../s1. The van der Waals surface area contributed by atoms with Crippen molar-refractivity contribution in [1.29, 1.82) is 0 Å². The fraction of sp³-hybridized carbons (Fsp3) is 0.611. The smallest absolute Gasteiger partial charge is 0.227 e. The largest absolute Gasteiger partial charge is 0.340 e. The second kappa shape index (κ2) is 9.08. The van der Waals surface area contributed by atoms with Gasteiger partial charge in [0.05, 0.1) is 24.4 Å². The summed E-state index contributed by atoms with van der Waals surface area (Å²) in [5.41, 5.74) is 2.32. The lowest BCUT2D eigenvalue weighted by atomic mass is 9.89. The van der Waals surface area contributed by atoms with Crippen LogP contribution in [0.2, 0.25) is 0 Å². The van der Waals surface area contributed by atoms with Gasteiger partial charge in [0, 0.05) is 51.5 Å². The number of amides is 1. The average Bonchev–Trinajstić information content (AvgIpc) is 3.34. The second-order valence-corrected chi connectivity index (χ2v) is 7.40. The number of carbonyl (C=O) groups is 1. The van der Waals surface area contributed by atoms with Crippen molar-refractivity contribution in [2.45, 2.75) is 31.7 Å². The molecule has 4 rings (SSSR count). The van der Waals surface area contributed by atoms with E-state index in [-0.39, 0.29) is 48.6 Å². The predicted molar refractivity (Wildman–Crippen MR) is 109 cm³/mol. The Morgan fingerprint density at radius 1 is 1.19 bits per heavy atom. The Kier molecular flexibility index (Phi) is 7.31. The van der Waals surface area contributed by atoms with Crippen LogP contribution >= 0.6 is 24.8 Å². The highest BCUT2D eigenvalue weighted by atomic mass is 35.5. The van der Waals surface area contributed by atoms with Gasteiger partial charge in [0.15, 0.2) is 0 Å². The maximum atomic E-state index is 13.2. The monoisotopic (exact) mass is 414 g/mol. The van der Waals surface area contributed by atoms with Crippen LogP contribution in [0.3, 0.4) is 0 Å². The van der Waals surface area contributed by atoms with E-state index in [1.165, 1.54) is 5.56 Å². The number of hydrogen-bond donors (Lipinski definition) is 1. The number of piperidine rings is 1. The van der Waals surface area contributed by atoms with Crippen LogP contribution in [0, 0.1) is 12.8 Å². The molecule has 4 heterocycles. The minimum atomic E-state index is 0. The minimum absolute atomic E-state index is 0. The molecule has 0 radical (unpaired) electrons. The van der Waals surface area contributed by atoms with E-state index in [0.717, 1.165) is 44.6 Å². The topological polar surface area (TPSA) is 68.0 Å². The highest BCUT2D eigenvalue weighted by molar-refractivity contribution is 5.85. The summed E-state index contributed by atoms with van der Waals surface area (Å²) in [4.78, 5) is 15.2. The van der Waals surface area contributed by atoms with Gasteiger partial charge in [0.1, 0.15) is 0 Å². The Morgan fingerprint density at radius 3 is 2.67 bits per heavy atom. The Hall–Kier alpha value is -1.57. The van der Waals surface area contributed by atoms with E-state index in [9.17, 15) is 4.79 Å². The molecule has 2 saturated heterocycles. The van der Waals surface area contributed by atoms with Crippen LogP contribution in [0.5, 0.6) is 0 Å². The molecule has 27 heavy (non-hydrogen) atoms. The summed E-state index contributed by atoms with van der Waals surface area (Å²) in [7, 11) is 1.92. The molecule has 2 aromatic rings. The number of aromatic nitrogens is 4. The van der Waals surface area contributed by atoms with Gasteiger partial charge in [-0.25, -0.2) is 0 Å². The van der Waals surface area contributed by atoms with Gasteiger partial charge in [-0.3, -0.25) is 14.2 Å². The number of nitrogens with one attached hydrogen (secondary N) is 1. The lowest BCUT2D eigenvalue weighted by Gasteiger charge is -2.35. The van der Waals surface area contributed by atoms with Crippen LogP contribution in [-0.2, 0) is 11.8 Å². The molecule has 1 amide bonds. The molecular weight excluding hydrogens is 387 g/mol. The first kappa shape index (κ1) is 21.7. The first-order valence-corrected chi connectivity index (χ1v) is 9.10. The van der Waals surface area contributed by atoms with Gasteiger partial charge in [-0.1, -0.05) is 0 Å². The quantitative estimate of drug-likeness (QED) is 0.832. The third-order valence-corrected chi connectivity index (χ3v) is 5.50. The molecule has 2 fully saturated rings. The molecule has 150 valence electrons. The molecule has 0 aliphatic carbocycles. The highest BCUT2D eigenvalue weighted by Gasteiger charge is 2.38. The normalized spacial score (nSPS) is 25.0. The molecule has 9 heteroatoms. The van der Waals surface area contributed by atoms with Crippen LogP contribution in [0.4, 0.5) is 0 Å². The number of halogens is 2. The molecule has 0 spiro atoms. The number of rotatable bonds is 3. The molecule has 0 saturated carbocycles. The summed E-state index contributed by atoms with van der Waals surface area (Å²) in [6.45, 7) is 5.26. The molecule has 2 aromatic heterocycles. The zero-order valence-corrected chi connectivity index (χ0v) is 17.4. The van der Waals surface area contributed by atoms with E-state index < -0.39 is 0 Å². The van der Waals surface area contributed by atoms with Crippen molar-refractivity contribution in [2.24, 2.45) is 13.0 Å². The van der Waals surface area contributed by atoms with E-state index in [2.05, 4.69) is 28.6 Å². The van der Waals surface area contributed by atoms with Gasteiger partial charge in [-0.2, -0.15) is 10.2 Å². The first-order chi connectivity index (χ1) is 12.1. The average molecular weight is 415 g/mol. The zero-order valence-electron chi connectivity index (χ0n) is 15.7. The lowest BCUT2D eigenvalue weighted by molar-refractivity contribution is -0.137. The minimum Gasteiger partial charge on any atom is -0.340 e. The van der Waals surface area contributed by atoms with Gasteiger partial charge in [0.2, 0.25) is 5.91 Å². The number of aryl methyl sites for hydroxylation is 2. The Bertz CT molecular complexity index is 761. The summed E-state index contributed by atoms with van der Waals surface area (Å²) < 4.78 is 3.84. The number of hydrogen-bond acceptors (Lipinski definition) is 4. The molecule has 0 bridgehead atoms. The van der Waals surface area contributed by atoms with E-state index in [0.29, 0.717) is 0 Å². The third kappa shape index (κ3) is 4.47. The van der Waals surface area contributed by atoms with Crippen molar-refractivity contribution in [3.05, 3.63) is 35.9 Å². The van der Waals surface area contributed by atoms with Crippen LogP contribution in [-0.4, -0.2) is 56.5 Å². The summed E-state index contributed by atoms with van der Waals surface area (Å²) in [6.07, 6.45) is 10.0. The zero-order chi connectivity index (χ0) is 17.4. The Morgan fingerprint density at radius 2 is 2.00 bits per heavy atom. The van der Waals surface area contributed by atoms with Crippen LogP contribution < -0.4 is 5.32 Å². The predicted octanol–water partition coefficient (Wildman–Crippen LogP) is 1.94. The Labute approximate surface area is 172 Å². The van der Waals surface area contributed by atoms with Gasteiger partial charge in [0.25, 0.3) is 0 Å². The van der Waals surface area contributed by atoms with Gasteiger partial charge < -0.3 is 10.2 Å². The molecule has 1 unspecified atom stereocenters. The molecule has 0 aromatic carbocycles. The van der Waals surface area contributed by atoms with E-state index in [4.69, 9.17) is 0 Å². The fourth-order valence-electron chi connectivity index (χ4n) is 4.16. The van der Waals surface area contributed by atoms with Crippen molar-refractivity contribution in [2.75, 3.05) is 26.2 Å². The van der Waals surface area contributed by atoms with E-state index >= 15 is 0 Å². The van der Waals surface area contributed by atoms with E-state index in [1.54, 1.807) is 0 Å². The molecule has 1 N–H and O–H groups in total. The third-order valence-electron chi connectivity index (χ3n) is 5.50. The van der Waals surface area contributed by atoms with E-state index in [1.807, 2.05) is 39.9 Å². The molecule has 2 aliphatic heterocycles. The fourth-order valence-corrected chi connectivity index (χ4v) is 4.16. The summed E-state index contributed by atoms with van der Waals surface area (Å²) >= 11 is 0. The van der Waals surface area contributed by atoms with Gasteiger partial charge in [-0.05, 0) is 30.9 Å². The number of carbonyl (C=O) groups excluding carboxylic acids is 1. The highest BCUT2D eigenvalue weighted by Crippen LogP contribution is 2.31. The maximum absolute atomic E-state index is 13.2. The second-order valence-electron chi connectivity index (χ2n) is 7.40. The summed E-state index contributed by atoms with van der Waals surface area (Å²) in [5, 5.41) is 12.1. The van der Waals surface area contributed by atoms with Gasteiger partial charge >= 0.3 is 0 Å². The molecule has 2 aliphatic rings. The number of nitrogens with zero attached hydrogens (tertiary/aromatic N) is 5. The first-order valence-electron chi connectivity index (χ1n) is 9.10. The van der Waals surface area contributed by atoms with Crippen molar-refractivity contribution in [1.82, 2.24) is 29.8 Å². The molecule has 7 nitrogen and oxygen atoms in total. The molecular formula is C18H28Cl2N6O. The lowest BCUT2D eigenvalue weighted by Crippen LogP contribution is -2.45. The summed E-state index contributed by atoms with van der Waals surface area (Å²) in [5.74, 6) is 0.489. The van der Waals surface area contributed by atoms with Crippen molar-refractivity contribution in [3.63, 3.8) is 0 Å². The maximum Gasteiger partial charge on any atom is 0.227 e. The van der Waals surface area contributed by atoms with Gasteiger partial charge in [-0.15, -0.1) is 24.8 Å². The van der Waals surface area contributed by atoms with Crippen LogP contribution in [0.15, 0.2) is 24.8 Å².